The SMILES string of the molecule is Cn1cnc(N2C3CCC2c2cn[nH]c2C3)cc1=O. The second-order valence-electron chi connectivity index (χ2n) is 5.36. The lowest BCUT2D eigenvalue weighted by molar-refractivity contribution is 0.583. The maximum absolute atomic E-state index is 11.8. The van der Waals surface area contributed by atoms with Crippen molar-refractivity contribution in [1.29, 1.82) is 0 Å². The Morgan fingerprint density at radius 3 is 3.16 bits per heavy atom. The van der Waals surface area contributed by atoms with Gasteiger partial charge in [0.05, 0.1) is 18.6 Å². The number of rotatable bonds is 1. The smallest absolute Gasteiger partial charge is 0.255 e. The molecule has 4 rings (SSSR count). The van der Waals surface area contributed by atoms with Crippen molar-refractivity contribution in [2.75, 3.05) is 4.90 Å². The molecule has 2 aromatic rings. The van der Waals surface area contributed by atoms with Gasteiger partial charge in [-0.3, -0.25) is 9.89 Å². The van der Waals surface area contributed by atoms with Gasteiger partial charge in [0.25, 0.3) is 5.56 Å². The van der Waals surface area contributed by atoms with Crippen LogP contribution in [0.3, 0.4) is 0 Å². The largest absolute Gasteiger partial charge is 0.346 e. The van der Waals surface area contributed by atoms with Crippen molar-refractivity contribution in [3.05, 3.63) is 40.2 Å². The highest BCUT2D eigenvalue weighted by Gasteiger charge is 2.41. The highest BCUT2D eigenvalue weighted by molar-refractivity contribution is 5.48. The summed E-state index contributed by atoms with van der Waals surface area (Å²) in [5.41, 5.74) is 2.49. The summed E-state index contributed by atoms with van der Waals surface area (Å²) in [5, 5.41) is 7.23. The fourth-order valence-corrected chi connectivity index (χ4v) is 3.34. The van der Waals surface area contributed by atoms with E-state index in [0.717, 1.165) is 25.1 Å². The van der Waals surface area contributed by atoms with Gasteiger partial charge in [0, 0.05) is 36.8 Å². The summed E-state index contributed by atoms with van der Waals surface area (Å²) in [5.74, 6) is 0.794. The molecule has 0 spiro atoms. The van der Waals surface area contributed by atoms with E-state index in [1.807, 2.05) is 6.20 Å². The van der Waals surface area contributed by atoms with Crippen LogP contribution >= 0.6 is 0 Å². The van der Waals surface area contributed by atoms with Gasteiger partial charge in [-0.15, -0.1) is 0 Å². The van der Waals surface area contributed by atoms with E-state index in [2.05, 4.69) is 20.1 Å². The van der Waals surface area contributed by atoms with Crippen LogP contribution in [-0.4, -0.2) is 25.8 Å². The van der Waals surface area contributed by atoms with Crippen molar-refractivity contribution in [2.24, 2.45) is 7.05 Å². The van der Waals surface area contributed by atoms with Gasteiger partial charge in [0.15, 0.2) is 0 Å². The van der Waals surface area contributed by atoms with Crippen LogP contribution in [-0.2, 0) is 13.5 Å². The van der Waals surface area contributed by atoms with E-state index in [1.54, 1.807) is 19.4 Å². The van der Waals surface area contributed by atoms with Crippen LogP contribution < -0.4 is 10.5 Å². The molecular formula is C13H15N5O. The van der Waals surface area contributed by atoms with E-state index >= 15 is 0 Å². The molecule has 6 nitrogen and oxygen atoms in total. The van der Waals surface area contributed by atoms with Crippen LogP contribution in [0.2, 0.25) is 0 Å². The van der Waals surface area contributed by atoms with Crippen LogP contribution in [0.25, 0.3) is 0 Å². The summed E-state index contributed by atoms with van der Waals surface area (Å²) in [6.07, 6.45) is 6.72. The first kappa shape index (κ1) is 10.8. The summed E-state index contributed by atoms with van der Waals surface area (Å²) in [4.78, 5) is 18.5. The Morgan fingerprint density at radius 1 is 1.42 bits per heavy atom. The standard InChI is InChI=1S/C13H15N5O/c1-17-7-14-12(5-13(17)19)18-8-2-3-11(18)9-6-15-16-10(9)4-8/h5-8,11H,2-4H2,1H3,(H,15,16). The Morgan fingerprint density at radius 2 is 2.32 bits per heavy atom. The fraction of sp³-hybridized carbons (Fsp3) is 0.462. The minimum atomic E-state index is -0.0117. The van der Waals surface area contributed by atoms with Crippen LogP contribution in [0, 0.1) is 0 Å². The Bertz CT molecular complexity index is 688. The van der Waals surface area contributed by atoms with Crippen LogP contribution in [0.4, 0.5) is 5.82 Å². The third kappa shape index (κ3) is 1.46. The van der Waals surface area contributed by atoms with Crippen LogP contribution in [0.15, 0.2) is 23.4 Å². The number of nitrogens with zero attached hydrogens (tertiary/aromatic N) is 4. The molecule has 0 aromatic carbocycles. The predicted molar refractivity (Wildman–Crippen MR) is 70.0 cm³/mol. The van der Waals surface area contributed by atoms with Gasteiger partial charge in [-0.25, -0.2) is 4.98 Å². The number of aromatic nitrogens is 4. The summed E-state index contributed by atoms with van der Waals surface area (Å²) in [6.45, 7) is 0. The lowest BCUT2D eigenvalue weighted by atomic mass is 10.0. The molecule has 2 unspecified atom stereocenters. The molecule has 2 aliphatic rings. The minimum absolute atomic E-state index is 0.0117. The first-order valence-electron chi connectivity index (χ1n) is 6.57. The van der Waals surface area contributed by atoms with E-state index in [4.69, 9.17) is 0 Å². The molecular weight excluding hydrogens is 242 g/mol. The van der Waals surface area contributed by atoms with Crippen LogP contribution in [0.1, 0.15) is 30.1 Å². The molecule has 1 fully saturated rings. The summed E-state index contributed by atoms with van der Waals surface area (Å²) in [7, 11) is 1.72. The van der Waals surface area contributed by atoms with Gasteiger partial charge in [-0.2, -0.15) is 5.10 Å². The van der Waals surface area contributed by atoms with E-state index in [-0.39, 0.29) is 5.56 Å². The highest BCUT2D eigenvalue weighted by Crippen LogP contribution is 2.44. The van der Waals surface area contributed by atoms with E-state index in [0.29, 0.717) is 12.1 Å². The van der Waals surface area contributed by atoms with Gasteiger partial charge in [-0.1, -0.05) is 0 Å². The zero-order valence-corrected chi connectivity index (χ0v) is 10.7. The molecule has 0 radical (unpaired) electrons. The number of aryl methyl sites for hydroxylation is 1. The zero-order chi connectivity index (χ0) is 13.0. The maximum atomic E-state index is 11.8. The monoisotopic (exact) mass is 257 g/mol. The summed E-state index contributed by atoms with van der Waals surface area (Å²) < 4.78 is 1.50. The molecule has 4 heterocycles. The maximum Gasteiger partial charge on any atom is 0.255 e. The Hall–Kier alpha value is -2.11. The molecule has 0 amide bonds. The van der Waals surface area contributed by atoms with Crippen molar-refractivity contribution < 1.29 is 0 Å². The Balaban J connectivity index is 1.81. The molecule has 2 atom stereocenters. The van der Waals surface area contributed by atoms with Gasteiger partial charge in [0.1, 0.15) is 5.82 Å². The zero-order valence-electron chi connectivity index (χ0n) is 10.7. The quantitative estimate of drug-likeness (QED) is 0.819. The molecule has 1 saturated heterocycles. The lowest BCUT2D eigenvalue weighted by Crippen LogP contribution is -2.38. The van der Waals surface area contributed by atoms with Crippen LogP contribution in [0.5, 0.6) is 0 Å². The van der Waals surface area contributed by atoms with E-state index < -0.39 is 0 Å². The molecule has 19 heavy (non-hydrogen) atoms. The first-order chi connectivity index (χ1) is 9.24. The number of H-pyrrole nitrogens is 1. The average molecular weight is 257 g/mol. The second-order valence-corrected chi connectivity index (χ2v) is 5.36. The fourth-order valence-electron chi connectivity index (χ4n) is 3.34. The van der Waals surface area contributed by atoms with Gasteiger partial charge < -0.3 is 9.47 Å². The number of hydrogen-bond donors (Lipinski definition) is 1. The topological polar surface area (TPSA) is 66.8 Å². The number of nitrogens with one attached hydrogen (secondary N) is 1. The number of anilines is 1. The third-order valence-corrected chi connectivity index (χ3v) is 4.28. The molecule has 0 aliphatic carbocycles. The van der Waals surface area contributed by atoms with E-state index in [9.17, 15) is 4.79 Å². The Labute approximate surface area is 110 Å². The first-order valence-corrected chi connectivity index (χ1v) is 6.57. The number of hydrogen-bond acceptors (Lipinski definition) is 4. The Kier molecular flexibility index (Phi) is 2.09. The van der Waals surface area contributed by atoms with Gasteiger partial charge in [-0.05, 0) is 12.8 Å². The second kappa shape index (κ2) is 3.69. The summed E-state index contributed by atoms with van der Waals surface area (Å²) >= 11 is 0. The molecule has 0 saturated carbocycles. The molecule has 2 aromatic heterocycles. The third-order valence-electron chi connectivity index (χ3n) is 4.28. The van der Waals surface area contributed by atoms with Crippen molar-refractivity contribution in [2.45, 2.75) is 31.3 Å². The van der Waals surface area contributed by atoms with Gasteiger partial charge in [0.2, 0.25) is 0 Å². The molecule has 2 bridgehead atoms. The van der Waals surface area contributed by atoms with Crippen molar-refractivity contribution in [3.63, 3.8) is 0 Å². The summed E-state index contributed by atoms with van der Waals surface area (Å²) in [6, 6.07) is 2.38. The molecule has 98 valence electrons. The van der Waals surface area contributed by atoms with Crippen molar-refractivity contribution in [3.8, 4) is 0 Å². The van der Waals surface area contributed by atoms with Crippen molar-refractivity contribution >= 4 is 5.82 Å². The van der Waals surface area contributed by atoms with Gasteiger partial charge >= 0.3 is 0 Å². The normalized spacial score (nSPS) is 24.6. The predicted octanol–water partition coefficient (Wildman–Crippen LogP) is 0.770. The number of aromatic amines is 1. The average Bonchev–Trinajstić information content (AvgIpc) is 2.98. The minimum Gasteiger partial charge on any atom is -0.346 e. The highest BCUT2D eigenvalue weighted by atomic mass is 16.1. The molecule has 2 aliphatic heterocycles. The van der Waals surface area contributed by atoms with E-state index in [1.165, 1.54) is 15.8 Å². The number of fused-ring (bicyclic) bond motifs is 4. The van der Waals surface area contributed by atoms with Crippen molar-refractivity contribution in [1.82, 2.24) is 19.7 Å². The molecule has 6 heteroatoms. The lowest BCUT2D eigenvalue weighted by Gasteiger charge is -2.35. The molecule has 1 N–H and O–H groups in total.